The molecule has 0 radical (unpaired) electrons. The van der Waals surface area contributed by atoms with Crippen molar-refractivity contribution in [2.45, 2.75) is 32.6 Å². The second kappa shape index (κ2) is 4.73. The Balaban J connectivity index is 1.94. The van der Waals surface area contributed by atoms with Gasteiger partial charge in [-0.15, -0.1) is 11.3 Å². The van der Waals surface area contributed by atoms with E-state index in [9.17, 15) is 5.11 Å². The lowest BCUT2D eigenvalue weighted by Gasteiger charge is -2.18. The van der Waals surface area contributed by atoms with Crippen molar-refractivity contribution in [2.75, 3.05) is 0 Å². The summed E-state index contributed by atoms with van der Waals surface area (Å²) in [5.41, 5.74) is 2.31. The van der Waals surface area contributed by atoms with E-state index in [0.717, 1.165) is 22.9 Å². The molecule has 1 heterocycles. The van der Waals surface area contributed by atoms with E-state index in [1.54, 1.807) is 23.5 Å². The summed E-state index contributed by atoms with van der Waals surface area (Å²) in [6, 6.07) is 7.38. The summed E-state index contributed by atoms with van der Waals surface area (Å²) >= 11 is 1.79. The van der Waals surface area contributed by atoms with Crippen LogP contribution in [0.4, 0.5) is 0 Å². The van der Waals surface area contributed by atoms with Gasteiger partial charge in [0, 0.05) is 10.4 Å². The van der Waals surface area contributed by atoms with Crippen LogP contribution >= 0.6 is 11.3 Å². The van der Waals surface area contributed by atoms with Crippen LogP contribution in [0.25, 0.3) is 10.6 Å². The SMILES string of the molecule is CCC1CCc2nc(-c3cccc(O)c3)sc2C1. The first-order valence-corrected chi connectivity index (χ1v) is 7.36. The highest BCUT2D eigenvalue weighted by Crippen LogP contribution is 2.36. The Morgan fingerprint density at radius 2 is 2.33 bits per heavy atom. The maximum absolute atomic E-state index is 9.53. The van der Waals surface area contributed by atoms with Gasteiger partial charge in [0.2, 0.25) is 0 Å². The standard InChI is InChI=1S/C15H17NOS/c1-2-10-6-7-13-14(8-10)18-15(16-13)11-4-3-5-12(17)9-11/h3-5,9-10,17H,2,6-8H2,1H3. The Hall–Kier alpha value is -1.35. The fraction of sp³-hybridized carbons (Fsp3) is 0.400. The number of nitrogens with zero attached hydrogens (tertiary/aromatic N) is 1. The summed E-state index contributed by atoms with van der Waals surface area (Å²) in [5, 5.41) is 10.6. The molecule has 3 heteroatoms. The molecule has 18 heavy (non-hydrogen) atoms. The number of phenolic OH excluding ortho intramolecular Hbond substituents is 1. The van der Waals surface area contributed by atoms with E-state index in [0.29, 0.717) is 5.75 Å². The first kappa shape index (κ1) is 11.7. The highest BCUT2D eigenvalue weighted by Gasteiger charge is 2.21. The van der Waals surface area contributed by atoms with E-state index in [1.165, 1.54) is 29.8 Å². The number of aromatic hydroxyl groups is 1. The maximum Gasteiger partial charge on any atom is 0.124 e. The Morgan fingerprint density at radius 1 is 1.44 bits per heavy atom. The Morgan fingerprint density at radius 3 is 3.11 bits per heavy atom. The molecule has 3 rings (SSSR count). The molecule has 1 aliphatic carbocycles. The van der Waals surface area contributed by atoms with Crippen LogP contribution in [-0.2, 0) is 12.8 Å². The summed E-state index contributed by atoms with van der Waals surface area (Å²) in [7, 11) is 0. The minimum atomic E-state index is 0.312. The van der Waals surface area contributed by atoms with Gasteiger partial charge in [0.05, 0.1) is 5.69 Å². The quantitative estimate of drug-likeness (QED) is 0.883. The molecule has 0 bridgehead atoms. The van der Waals surface area contributed by atoms with Crippen LogP contribution in [0.5, 0.6) is 5.75 Å². The first-order valence-electron chi connectivity index (χ1n) is 6.54. The third kappa shape index (κ3) is 2.15. The lowest BCUT2D eigenvalue weighted by molar-refractivity contribution is 0.446. The number of thiazole rings is 1. The average Bonchev–Trinajstić information content (AvgIpc) is 2.81. The molecule has 1 atom stereocenters. The van der Waals surface area contributed by atoms with Crippen molar-refractivity contribution in [1.29, 1.82) is 0 Å². The van der Waals surface area contributed by atoms with E-state index < -0.39 is 0 Å². The van der Waals surface area contributed by atoms with Crippen molar-refractivity contribution >= 4 is 11.3 Å². The second-order valence-electron chi connectivity index (χ2n) is 4.96. The van der Waals surface area contributed by atoms with Crippen molar-refractivity contribution in [3.8, 4) is 16.3 Å². The van der Waals surface area contributed by atoms with Gasteiger partial charge in [0.25, 0.3) is 0 Å². The average molecular weight is 259 g/mol. The number of hydrogen-bond acceptors (Lipinski definition) is 3. The molecule has 0 fully saturated rings. The predicted molar refractivity (Wildman–Crippen MR) is 75.0 cm³/mol. The second-order valence-corrected chi connectivity index (χ2v) is 6.04. The van der Waals surface area contributed by atoms with E-state index in [4.69, 9.17) is 4.98 Å². The first-order chi connectivity index (χ1) is 8.76. The summed E-state index contributed by atoms with van der Waals surface area (Å²) in [6.07, 6.45) is 4.83. The lowest BCUT2D eigenvalue weighted by atomic mass is 9.89. The zero-order valence-electron chi connectivity index (χ0n) is 10.5. The fourth-order valence-corrected chi connectivity index (χ4v) is 3.77. The highest BCUT2D eigenvalue weighted by atomic mass is 32.1. The van der Waals surface area contributed by atoms with Crippen LogP contribution in [-0.4, -0.2) is 10.1 Å². The maximum atomic E-state index is 9.53. The van der Waals surface area contributed by atoms with Gasteiger partial charge in [0.15, 0.2) is 0 Å². The van der Waals surface area contributed by atoms with Gasteiger partial charge < -0.3 is 5.11 Å². The molecule has 0 saturated heterocycles. The number of aromatic nitrogens is 1. The number of benzene rings is 1. The van der Waals surface area contributed by atoms with E-state index in [2.05, 4.69) is 6.92 Å². The Kier molecular flexibility index (Phi) is 3.08. The molecule has 1 aromatic carbocycles. The van der Waals surface area contributed by atoms with Crippen molar-refractivity contribution < 1.29 is 5.11 Å². The van der Waals surface area contributed by atoms with Crippen molar-refractivity contribution in [1.82, 2.24) is 4.98 Å². The molecule has 0 spiro atoms. The van der Waals surface area contributed by atoms with Gasteiger partial charge in [-0.1, -0.05) is 25.5 Å². The molecule has 1 N–H and O–H groups in total. The van der Waals surface area contributed by atoms with E-state index in [1.807, 2.05) is 12.1 Å². The number of rotatable bonds is 2. The lowest BCUT2D eigenvalue weighted by Crippen LogP contribution is -2.11. The number of phenols is 1. The fourth-order valence-electron chi connectivity index (χ4n) is 2.55. The van der Waals surface area contributed by atoms with Gasteiger partial charge >= 0.3 is 0 Å². The zero-order chi connectivity index (χ0) is 12.5. The minimum absolute atomic E-state index is 0.312. The summed E-state index contributed by atoms with van der Waals surface area (Å²) in [4.78, 5) is 6.19. The highest BCUT2D eigenvalue weighted by molar-refractivity contribution is 7.15. The van der Waals surface area contributed by atoms with Crippen molar-refractivity contribution in [2.24, 2.45) is 5.92 Å². The van der Waals surface area contributed by atoms with Crippen molar-refractivity contribution in [3.63, 3.8) is 0 Å². The summed E-state index contributed by atoms with van der Waals surface area (Å²) in [5.74, 6) is 1.14. The smallest absolute Gasteiger partial charge is 0.124 e. The molecule has 0 aliphatic heterocycles. The third-order valence-electron chi connectivity index (χ3n) is 3.71. The number of hydrogen-bond donors (Lipinski definition) is 1. The monoisotopic (exact) mass is 259 g/mol. The largest absolute Gasteiger partial charge is 0.508 e. The minimum Gasteiger partial charge on any atom is -0.508 e. The number of fused-ring (bicyclic) bond motifs is 1. The molecule has 2 nitrogen and oxygen atoms in total. The molecule has 0 amide bonds. The van der Waals surface area contributed by atoms with E-state index >= 15 is 0 Å². The number of aryl methyl sites for hydroxylation is 1. The van der Waals surface area contributed by atoms with Gasteiger partial charge in [-0.25, -0.2) is 4.98 Å². The zero-order valence-corrected chi connectivity index (χ0v) is 11.3. The topological polar surface area (TPSA) is 33.1 Å². The summed E-state index contributed by atoms with van der Waals surface area (Å²) in [6.45, 7) is 2.27. The predicted octanol–water partition coefficient (Wildman–Crippen LogP) is 4.03. The van der Waals surface area contributed by atoms with Crippen LogP contribution in [0.3, 0.4) is 0 Å². The molecule has 1 unspecified atom stereocenters. The Bertz CT molecular complexity index is 561. The molecule has 94 valence electrons. The van der Waals surface area contributed by atoms with Crippen molar-refractivity contribution in [3.05, 3.63) is 34.8 Å². The van der Waals surface area contributed by atoms with Crippen LogP contribution in [0.1, 0.15) is 30.3 Å². The van der Waals surface area contributed by atoms with E-state index in [-0.39, 0.29) is 0 Å². The molecule has 2 aromatic rings. The molecular formula is C15H17NOS. The van der Waals surface area contributed by atoms with Gasteiger partial charge in [-0.3, -0.25) is 0 Å². The molecule has 1 aromatic heterocycles. The molecule has 0 saturated carbocycles. The normalized spacial score (nSPS) is 18.6. The third-order valence-corrected chi connectivity index (χ3v) is 4.88. The van der Waals surface area contributed by atoms with Crippen LogP contribution < -0.4 is 0 Å². The van der Waals surface area contributed by atoms with Crippen LogP contribution in [0, 0.1) is 5.92 Å². The molecule has 1 aliphatic rings. The molecular weight excluding hydrogens is 242 g/mol. The van der Waals surface area contributed by atoms with Crippen LogP contribution in [0.15, 0.2) is 24.3 Å². The van der Waals surface area contributed by atoms with Crippen LogP contribution in [0.2, 0.25) is 0 Å². The van der Waals surface area contributed by atoms with Gasteiger partial charge in [-0.05, 0) is 37.3 Å². The Labute approximate surface area is 111 Å². The van der Waals surface area contributed by atoms with Gasteiger partial charge in [0.1, 0.15) is 10.8 Å². The van der Waals surface area contributed by atoms with Gasteiger partial charge in [-0.2, -0.15) is 0 Å². The summed E-state index contributed by atoms with van der Waals surface area (Å²) < 4.78 is 0.